The molecule has 4 rings (SSSR count). The van der Waals surface area contributed by atoms with Crippen LogP contribution in [0.3, 0.4) is 0 Å². The summed E-state index contributed by atoms with van der Waals surface area (Å²) in [5.41, 5.74) is 1.14. The Labute approximate surface area is 192 Å². The predicted molar refractivity (Wildman–Crippen MR) is 128 cm³/mol. The van der Waals surface area contributed by atoms with E-state index in [1.165, 1.54) is 40.0 Å². The number of fused-ring (bicyclic) bond motifs is 3. The van der Waals surface area contributed by atoms with E-state index in [4.69, 9.17) is 11.6 Å². The fourth-order valence-electron chi connectivity index (χ4n) is 3.64. The Morgan fingerprint density at radius 1 is 1.33 bits per heavy atom. The van der Waals surface area contributed by atoms with Gasteiger partial charge in [0.2, 0.25) is 5.91 Å². The Hall–Kier alpha value is -1.61. The minimum absolute atomic E-state index is 0.0273. The van der Waals surface area contributed by atoms with E-state index in [9.17, 15) is 9.59 Å². The molecule has 1 aliphatic carbocycles. The molecule has 1 aliphatic rings. The van der Waals surface area contributed by atoms with E-state index >= 15 is 0 Å². The van der Waals surface area contributed by atoms with Crippen molar-refractivity contribution < 1.29 is 4.79 Å². The molecule has 0 unspecified atom stereocenters. The highest BCUT2D eigenvalue weighted by Crippen LogP contribution is 2.33. The molecule has 0 atom stereocenters. The average molecular weight is 480 g/mol. The SMILES string of the molecule is C=CCN(Cc1ccc(Cl)s1)C(=O)CSCc1nc2sc3c(c2c(=O)[nH]1)CCCC3. The molecule has 3 heterocycles. The van der Waals surface area contributed by atoms with Crippen LogP contribution in [-0.4, -0.2) is 33.1 Å². The van der Waals surface area contributed by atoms with Crippen molar-refractivity contribution in [1.29, 1.82) is 0 Å². The van der Waals surface area contributed by atoms with Crippen molar-refractivity contribution in [1.82, 2.24) is 14.9 Å². The molecule has 0 spiro atoms. The molecule has 0 radical (unpaired) electrons. The highest BCUT2D eigenvalue weighted by atomic mass is 35.5. The second-order valence-corrected chi connectivity index (χ2v) is 11.0. The van der Waals surface area contributed by atoms with Crippen molar-refractivity contribution in [3.05, 3.63) is 60.6 Å². The van der Waals surface area contributed by atoms with Crippen LogP contribution >= 0.6 is 46.0 Å². The molecule has 0 aromatic carbocycles. The lowest BCUT2D eigenvalue weighted by Crippen LogP contribution is -2.31. The molecule has 3 aromatic heterocycles. The van der Waals surface area contributed by atoms with E-state index in [0.717, 1.165) is 34.4 Å². The van der Waals surface area contributed by atoms with Crippen molar-refractivity contribution in [3.8, 4) is 0 Å². The molecule has 0 bridgehead atoms. The summed E-state index contributed by atoms with van der Waals surface area (Å²) in [6, 6.07) is 3.78. The van der Waals surface area contributed by atoms with Crippen molar-refractivity contribution in [2.24, 2.45) is 0 Å². The summed E-state index contributed by atoms with van der Waals surface area (Å²) in [5.74, 6) is 1.46. The van der Waals surface area contributed by atoms with Gasteiger partial charge in [-0.05, 0) is 43.4 Å². The fraction of sp³-hybridized carbons (Fsp3) is 0.381. The van der Waals surface area contributed by atoms with Gasteiger partial charge in [0, 0.05) is 16.3 Å². The lowest BCUT2D eigenvalue weighted by molar-refractivity contribution is -0.128. The zero-order chi connectivity index (χ0) is 21.1. The summed E-state index contributed by atoms with van der Waals surface area (Å²) >= 11 is 10.6. The van der Waals surface area contributed by atoms with Gasteiger partial charge in [0.15, 0.2) is 0 Å². The van der Waals surface area contributed by atoms with Crippen LogP contribution in [0.15, 0.2) is 29.6 Å². The number of aromatic amines is 1. The Morgan fingerprint density at radius 3 is 2.93 bits per heavy atom. The first kappa shape index (κ1) is 21.6. The smallest absolute Gasteiger partial charge is 0.259 e. The number of H-pyrrole nitrogens is 1. The second kappa shape index (κ2) is 9.68. The largest absolute Gasteiger partial charge is 0.333 e. The number of amides is 1. The molecule has 0 aliphatic heterocycles. The third kappa shape index (κ3) is 4.82. The van der Waals surface area contributed by atoms with Crippen LogP contribution in [0.4, 0.5) is 0 Å². The summed E-state index contributed by atoms with van der Waals surface area (Å²) in [5, 5.41) is 0.770. The number of thiophene rings is 2. The third-order valence-electron chi connectivity index (χ3n) is 5.02. The van der Waals surface area contributed by atoms with Crippen molar-refractivity contribution in [2.75, 3.05) is 12.3 Å². The van der Waals surface area contributed by atoms with Crippen LogP contribution in [0.1, 0.15) is 34.0 Å². The lowest BCUT2D eigenvalue weighted by atomic mass is 9.97. The number of hydrogen-bond acceptors (Lipinski definition) is 6. The number of aryl methyl sites for hydroxylation is 2. The molecule has 0 saturated heterocycles. The number of thioether (sulfide) groups is 1. The lowest BCUT2D eigenvalue weighted by Gasteiger charge is -2.20. The summed E-state index contributed by atoms with van der Waals surface area (Å²) in [7, 11) is 0. The Morgan fingerprint density at radius 2 is 2.17 bits per heavy atom. The second-order valence-electron chi connectivity index (χ2n) is 7.17. The van der Waals surface area contributed by atoms with Gasteiger partial charge in [-0.2, -0.15) is 0 Å². The number of nitrogens with zero attached hydrogens (tertiary/aromatic N) is 2. The van der Waals surface area contributed by atoms with E-state index in [2.05, 4.69) is 16.5 Å². The first-order chi connectivity index (χ1) is 14.5. The summed E-state index contributed by atoms with van der Waals surface area (Å²) in [6.45, 7) is 4.75. The van der Waals surface area contributed by atoms with Crippen LogP contribution in [0.2, 0.25) is 4.34 Å². The highest BCUT2D eigenvalue weighted by Gasteiger charge is 2.20. The molecule has 158 valence electrons. The summed E-state index contributed by atoms with van der Waals surface area (Å²) in [6.07, 6.45) is 6.06. The van der Waals surface area contributed by atoms with Gasteiger partial charge in [-0.3, -0.25) is 9.59 Å². The molecule has 1 N–H and O–H groups in total. The third-order valence-corrected chi connectivity index (χ3v) is 8.35. The van der Waals surface area contributed by atoms with Crippen molar-refractivity contribution in [3.63, 3.8) is 0 Å². The number of rotatable bonds is 8. The van der Waals surface area contributed by atoms with Crippen LogP contribution in [0, 0.1) is 0 Å². The van der Waals surface area contributed by atoms with Crippen molar-refractivity contribution in [2.45, 2.75) is 38.0 Å². The van der Waals surface area contributed by atoms with Gasteiger partial charge in [0.25, 0.3) is 5.56 Å². The first-order valence-electron chi connectivity index (χ1n) is 9.79. The van der Waals surface area contributed by atoms with E-state index in [0.29, 0.717) is 34.8 Å². The number of halogens is 1. The maximum absolute atomic E-state index is 12.7. The quantitative estimate of drug-likeness (QED) is 0.460. The van der Waals surface area contributed by atoms with Gasteiger partial charge < -0.3 is 9.88 Å². The Balaban J connectivity index is 1.40. The number of nitrogens with one attached hydrogen (secondary N) is 1. The van der Waals surface area contributed by atoms with E-state index in [1.807, 2.05) is 12.1 Å². The molecule has 1 amide bonds. The van der Waals surface area contributed by atoms with Crippen LogP contribution in [-0.2, 0) is 29.9 Å². The Kier molecular flexibility index (Phi) is 6.98. The van der Waals surface area contributed by atoms with Crippen LogP contribution in [0.5, 0.6) is 0 Å². The number of carbonyl (C=O) groups is 1. The molecular formula is C21H22ClN3O2S3. The molecule has 3 aromatic rings. The van der Waals surface area contributed by atoms with Gasteiger partial charge in [-0.15, -0.1) is 41.0 Å². The maximum Gasteiger partial charge on any atom is 0.259 e. The molecular weight excluding hydrogens is 458 g/mol. The Bertz CT molecular complexity index is 1130. The number of hydrogen-bond donors (Lipinski definition) is 1. The zero-order valence-electron chi connectivity index (χ0n) is 16.4. The van der Waals surface area contributed by atoms with E-state index < -0.39 is 0 Å². The number of carbonyl (C=O) groups excluding carboxylic acids is 1. The maximum atomic E-state index is 12.7. The normalized spacial score (nSPS) is 13.4. The molecule has 30 heavy (non-hydrogen) atoms. The van der Waals surface area contributed by atoms with Gasteiger partial charge in [-0.25, -0.2) is 4.98 Å². The van der Waals surface area contributed by atoms with Gasteiger partial charge in [0.05, 0.1) is 27.8 Å². The van der Waals surface area contributed by atoms with E-state index in [-0.39, 0.29) is 11.5 Å². The predicted octanol–water partition coefficient (Wildman–Crippen LogP) is 5.03. The fourth-order valence-corrected chi connectivity index (χ4v) is 6.81. The summed E-state index contributed by atoms with van der Waals surface area (Å²) in [4.78, 5) is 37.9. The van der Waals surface area contributed by atoms with Crippen LogP contribution in [0.25, 0.3) is 10.2 Å². The minimum atomic E-state index is -0.0517. The molecule has 0 saturated carbocycles. The van der Waals surface area contributed by atoms with Crippen LogP contribution < -0.4 is 5.56 Å². The highest BCUT2D eigenvalue weighted by molar-refractivity contribution is 7.99. The standard InChI is InChI=1S/C21H22ClN3O2S3/c1-2-9-25(10-13-7-8-16(22)29-13)18(26)12-28-11-17-23-20(27)19-14-5-3-4-6-15(14)30-21(19)24-17/h2,7-8H,1,3-6,9-12H2,(H,23,24,27). The van der Waals surface area contributed by atoms with Crippen molar-refractivity contribution >= 4 is 62.2 Å². The molecule has 0 fully saturated rings. The monoisotopic (exact) mass is 479 g/mol. The molecule has 5 nitrogen and oxygen atoms in total. The number of aromatic nitrogens is 2. The summed E-state index contributed by atoms with van der Waals surface area (Å²) < 4.78 is 0.714. The van der Waals surface area contributed by atoms with E-state index in [1.54, 1.807) is 22.3 Å². The minimum Gasteiger partial charge on any atom is -0.333 e. The average Bonchev–Trinajstić information content (AvgIpc) is 3.30. The van der Waals surface area contributed by atoms with Gasteiger partial charge in [-0.1, -0.05) is 17.7 Å². The first-order valence-corrected chi connectivity index (χ1v) is 13.0. The van der Waals surface area contributed by atoms with Gasteiger partial charge in [0.1, 0.15) is 10.7 Å². The van der Waals surface area contributed by atoms with Gasteiger partial charge >= 0.3 is 0 Å². The topological polar surface area (TPSA) is 66.1 Å². The molecule has 9 heteroatoms. The zero-order valence-corrected chi connectivity index (χ0v) is 19.6.